The molecule has 2 unspecified atom stereocenters. The number of nitrogens with zero attached hydrogens (tertiary/aromatic N) is 2. The second kappa shape index (κ2) is 5.59. The van der Waals surface area contributed by atoms with Crippen LogP contribution in [0.3, 0.4) is 0 Å². The van der Waals surface area contributed by atoms with Gasteiger partial charge >= 0.3 is 5.97 Å². The summed E-state index contributed by atoms with van der Waals surface area (Å²) in [7, 11) is 1.28. The molecule has 2 rings (SSSR count). The van der Waals surface area contributed by atoms with E-state index >= 15 is 0 Å². The van der Waals surface area contributed by atoms with Crippen LogP contribution in [-0.4, -0.2) is 13.1 Å². The molecule has 20 heavy (non-hydrogen) atoms. The number of allylic oxidation sites excluding steroid dienone is 2. The summed E-state index contributed by atoms with van der Waals surface area (Å²) in [6.07, 6.45) is 4.02. The molecule has 0 bridgehead atoms. The van der Waals surface area contributed by atoms with Crippen molar-refractivity contribution in [2.24, 2.45) is 11.3 Å². The van der Waals surface area contributed by atoms with Crippen LogP contribution in [0.2, 0.25) is 0 Å². The summed E-state index contributed by atoms with van der Waals surface area (Å²) < 4.78 is 4.76. The van der Waals surface area contributed by atoms with Gasteiger partial charge in [-0.1, -0.05) is 42.5 Å². The molecular formula is C16H14N2O2. The van der Waals surface area contributed by atoms with E-state index in [0.717, 1.165) is 5.56 Å². The fraction of sp³-hybridized carbons (Fsp3) is 0.312. The van der Waals surface area contributed by atoms with E-state index in [0.29, 0.717) is 6.42 Å². The van der Waals surface area contributed by atoms with E-state index in [2.05, 4.69) is 12.1 Å². The first-order chi connectivity index (χ1) is 9.69. The standard InChI is InChI=1S/C16H14N2O2/c1-20-15(19)14-9-5-8-13(16(14,10-17)11-18)12-6-3-2-4-7-12/h2-8,13-14H,9H2,1H3. The molecule has 4 heteroatoms. The van der Waals surface area contributed by atoms with Crippen molar-refractivity contribution < 1.29 is 9.53 Å². The van der Waals surface area contributed by atoms with Gasteiger partial charge in [-0.2, -0.15) is 10.5 Å². The third-order valence-electron chi connectivity index (χ3n) is 3.75. The highest BCUT2D eigenvalue weighted by Gasteiger charge is 2.51. The van der Waals surface area contributed by atoms with Gasteiger partial charge in [0.05, 0.1) is 25.2 Å². The van der Waals surface area contributed by atoms with Crippen LogP contribution < -0.4 is 0 Å². The smallest absolute Gasteiger partial charge is 0.311 e. The van der Waals surface area contributed by atoms with Crippen molar-refractivity contribution in [1.82, 2.24) is 0 Å². The molecule has 0 saturated carbocycles. The fourth-order valence-corrected chi connectivity index (χ4v) is 2.68. The zero-order valence-electron chi connectivity index (χ0n) is 11.1. The van der Waals surface area contributed by atoms with Crippen LogP contribution in [0.1, 0.15) is 17.9 Å². The van der Waals surface area contributed by atoms with Crippen molar-refractivity contribution in [3.8, 4) is 12.1 Å². The van der Waals surface area contributed by atoms with Crippen LogP contribution in [0.25, 0.3) is 0 Å². The first-order valence-corrected chi connectivity index (χ1v) is 6.31. The van der Waals surface area contributed by atoms with Gasteiger partial charge in [-0.25, -0.2) is 0 Å². The number of rotatable bonds is 2. The molecule has 100 valence electrons. The Morgan fingerprint density at radius 3 is 2.50 bits per heavy atom. The van der Waals surface area contributed by atoms with E-state index in [4.69, 9.17) is 4.74 Å². The van der Waals surface area contributed by atoms with Crippen molar-refractivity contribution in [2.75, 3.05) is 7.11 Å². The van der Waals surface area contributed by atoms with Gasteiger partial charge in [0.15, 0.2) is 5.41 Å². The van der Waals surface area contributed by atoms with Gasteiger partial charge in [0.2, 0.25) is 0 Å². The molecule has 0 saturated heterocycles. The van der Waals surface area contributed by atoms with Gasteiger partial charge in [-0.05, 0) is 12.0 Å². The highest BCUT2D eigenvalue weighted by molar-refractivity contribution is 5.76. The summed E-state index contributed by atoms with van der Waals surface area (Å²) >= 11 is 0. The summed E-state index contributed by atoms with van der Waals surface area (Å²) in [4.78, 5) is 11.9. The molecule has 2 atom stereocenters. The molecule has 0 aromatic heterocycles. The molecule has 1 aliphatic rings. The minimum absolute atomic E-state index is 0.344. The fourth-order valence-electron chi connectivity index (χ4n) is 2.68. The maximum absolute atomic E-state index is 11.9. The minimum Gasteiger partial charge on any atom is -0.469 e. The molecule has 1 aliphatic carbocycles. The number of carbonyl (C=O) groups is 1. The Hall–Kier alpha value is -2.59. The second-order valence-corrected chi connectivity index (χ2v) is 4.72. The van der Waals surface area contributed by atoms with Crippen molar-refractivity contribution in [3.63, 3.8) is 0 Å². The lowest BCUT2D eigenvalue weighted by Gasteiger charge is -2.35. The van der Waals surface area contributed by atoms with Crippen molar-refractivity contribution >= 4 is 5.97 Å². The molecule has 0 N–H and O–H groups in total. The Labute approximate surface area is 117 Å². The lowest BCUT2D eigenvalue weighted by Crippen LogP contribution is -2.40. The van der Waals surface area contributed by atoms with E-state index in [-0.39, 0.29) is 0 Å². The Balaban J connectivity index is 2.55. The molecule has 0 fully saturated rings. The topological polar surface area (TPSA) is 73.9 Å². The Kier molecular flexibility index (Phi) is 3.86. The maximum Gasteiger partial charge on any atom is 0.311 e. The molecule has 0 spiro atoms. The van der Waals surface area contributed by atoms with Crippen LogP contribution in [0.5, 0.6) is 0 Å². The molecule has 0 radical (unpaired) electrons. The lowest BCUT2D eigenvalue weighted by atomic mass is 9.62. The Bertz CT molecular complexity index is 594. The van der Waals surface area contributed by atoms with Crippen LogP contribution in [0, 0.1) is 34.0 Å². The molecule has 0 amide bonds. The third-order valence-corrected chi connectivity index (χ3v) is 3.75. The summed E-state index contributed by atoms with van der Waals surface area (Å²) in [6.45, 7) is 0. The van der Waals surface area contributed by atoms with E-state index in [1.165, 1.54) is 7.11 Å². The summed E-state index contributed by atoms with van der Waals surface area (Å²) in [6, 6.07) is 13.4. The number of nitriles is 2. The number of methoxy groups -OCH3 is 1. The summed E-state index contributed by atoms with van der Waals surface area (Å²) in [5, 5.41) is 19.1. The van der Waals surface area contributed by atoms with Gasteiger partial charge < -0.3 is 4.74 Å². The van der Waals surface area contributed by atoms with E-state index in [1.807, 2.05) is 42.5 Å². The van der Waals surface area contributed by atoms with Gasteiger partial charge in [-0.15, -0.1) is 0 Å². The SMILES string of the molecule is COC(=O)C1CC=CC(c2ccccc2)C1(C#N)C#N. The lowest BCUT2D eigenvalue weighted by molar-refractivity contribution is -0.148. The zero-order valence-corrected chi connectivity index (χ0v) is 11.1. The van der Waals surface area contributed by atoms with Gasteiger partial charge in [0.25, 0.3) is 0 Å². The number of hydrogen-bond acceptors (Lipinski definition) is 4. The largest absolute Gasteiger partial charge is 0.469 e. The highest BCUT2D eigenvalue weighted by atomic mass is 16.5. The van der Waals surface area contributed by atoms with Gasteiger partial charge in [-0.3, -0.25) is 4.79 Å². The Morgan fingerprint density at radius 1 is 1.30 bits per heavy atom. The number of esters is 1. The zero-order chi connectivity index (χ0) is 14.6. The summed E-state index contributed by atoms with van der Waals surface area (Å²) in [5.41, 5.74) is -0.580. The molecule has 0 aliphatic heterocycles. The van der Waals surface area contributed by atoms with Gasteiger partial charge in [0.1, 0.15) is 0 Å². The predicted molar refractivity (Wildman–Crippen MR) is 72.1 cm³/mol. The van der Waals surface area contributed by atoms with Crippen LogP contribution in [0.15, 0.2) is 42.5 Å². The first kappa shape index (κ1) is 13.8. The molecule has 4 nitrogen and oxygen atoms in total. The third kappa shape index (κ3) is 2.06. The second-order valence-electron chi connectivity index (χ2n) is 4.72. The average molecular weight is 266 g/mol. The number of ether oxygens (including phenoxy) is 1. The highest BCUT2D eigenvalue weighted by Crippen LogP contribution is 2.47. The molecule has 0 heterocycles. The predicted octanol–water partition coefficient (Wildman–Crippen LogP) is 2.55. The van der Waals surface area contributed by atoms with Crippen molar-refractivity contribution in [1.29, 1.82) is 10.5 Å². The summed E-state index contributed by atoms with van der Waals surface area (Å²) in [5.74, 6) is -1.72. The Morgan fingerprint density at radius 2 is 1.95 bits per heavy atom. The monoisotopic (exact) mass is 266 g/mol. The van der Waals surface area contributed by atoms with Crippen LogP contribution >= 0.6 is 0 Å². The normalized spacial score (nSPS) is 23.4. The van der Waals surface area contributed by atoms with E-state index < -0.39 is 23.2 Å². The first-order valence-electron chi connectivity index (χ1n) is 6.31. The number of hydrogen-bond donors (Lipinski definition) is 0. The minimum atomic E-state index is -1.43. The molecule has 1 aromatic rings. The van der Waals surface area contributed by atoms with E-state index in [1.54, 1.807) is 0 Å². The van der Waals surface area contributed by atoms with Gasteiger partial charge in [0, 0.05) is 5.92 Å². The van der Waals surface area contributed by atoms with Crippen molar-refractivity contribution in [2.45, 2.75) is 12.3 Å². The van der Waals surface area contributed by atoms with E-state index in [9.17, 15) is 15.3 Å². The molecular weight excluding hydrogens is 252 g/mol. The molecule has 1 aromatic carbocycles. The number of carbonyl (C=O) groups excluding carboxylic acids is 1. The van der Waals surface area contributed by atoms with Crippen LogP contribution in [0.4, 0.5) is 0 Å². The van der Waals surface area contributed by atoms with Crippen LogP contribution in [-0.2, 0) is 9.53 Å². The van der Waals surface area contributed by atoms with Crippen molar-refractivity contribution in [3.05, 3.63) is 48.0 Å². The average Bonchev–Trinajstić information content (AvgIpc) is 2.53. The number of benzene rings is 1. The quantitative estimate of drug-likeness (QED) is 0.609. The maximum atomic E-state index is 11.9.